The molecule has 0 heterocycles. The quantitative estimate of drug-likeness (QED) is 0.695. The Labute approximate surface area is 154 Å². The lowest BCUT2D eigenvalue weighted by Crippen LogP contribution is -2.32. The van der Waals surface area contributed by atoms with Crippen LogP contribution in [0.2, 0.25) is 0 Å². The number of benzene rings is 2. The van der Waals surface area contributed by atoms with Gasteiger partial charge in [0, 0.05) is 18.7 Å². The average molecular weight is 359 g/mol. The molecule has 2 atom stereocenters. The number of carbonyl (C=O) groups is 1. The van der Waals surface area contributed by atoms with Gasteiger partial charge in [-0.05, 0) is 37.0 Å². The molecule has 0 aliphatic carbocycles. The Hall–Kier alpha value is -2.24. The lowest BCUT2D eigenvalue weighted by Gasteiger charge is -2.19. The second-order valence-corrected chi connectivity index (χ2v) is 6.28. The van der Waals surface area contributed by atoms with E-state index in [0.29, 0.717) is 31.6 Å². The van der Waals surface area contributed by atoms with Crippen LogP contribution in [0.4, 0.5) is 4.39 Å². The molecular formula is C21H26FNO3. The number of nitrogens with two attached hydrogens (primary N) is 1. The van der Waals surface area contributed by atoms with Gasteiger partial charge in [0.1, 0.15) is 5.82 Å². The van der Waals surface area contributed by atoms with E-state index < -0.39 is 0 Å². The van der Waals surface area contributed by atoms with Gasteiger partial charge in [0.2, 0.25) is 0 Å². The molecular weight excluding hydrogens is 333 g/mol. The van der Waals surface area contributed by atoms with Crippen LogP contribution in [-0.4, -0.2) is 32.3 Å². The number of rotatable bonds is 9. The van der Waals surface area contributed by atoms with Crippen molar-refractivity contribution in [3.63, 3.8) is 0 Å². The van der Waals surface area contributed by atoms with Crippen LogP contribution in [0.3, 0.4) is 0 Å². The van der Waals surface area contributed by atoms with E-state index in [0.717, 1.165) is 11.1 Å². The van der Waals surface area contributed by atoms with Gasteiger partial charge in [-0.1, -0.05) is 42.5 Å². The van der Waals surface area contributed by atoms with E-state index in [2.05, 4.69) is 0 Å². The minimum absolute atomic E-state index is 0.195. The van der Waals surface area contributed by atoms with Gasteiger partial charge >= 0.3 is 5.97 Å². The number of esters is 1. The van der Waals surface area contributed by atoms with Gasteiger partial charge < -0.3 is 15.2 Å². The van der Waals surface area contributed by atoms with Gasteiger partial charge in [0.25, 0.3) is 0 Å². The number of carbonyl (C=O) groups excluding carboxylic acids is 1. The topological polar surface area (TPSA) is 61.5 Å². The summed E-state index contributed by atoms with van der Waals surface area (Å²) in [5.74, 6) is -0.888. The predicted octanol–water partition coefficient (Wildman–Crippen LogP) is 3.58. The third-order valence-corrected chi connectivity index (χ3v) is 4.21. The normalized spacial score (nSPS) is 13.2. The largest absolute Gasteiger partial charge is 0.466 e. The van der Waals surface area contributed by atoms with E-state index >= 15 is 0 Å². The maximum absolute atomic E-state index is 13.9. The molecule has 0 spiro atoms. The van der Waals surface area contributed by atoms with Gasteiger partial charge in [0.05, 0.1) is 19.1 Å². The molecule has 4 nitrogen and oxygen atoms in total. The van der Waals surface area contributed by atoms with Crippen molar-refractivity contribution in [1.82, 2.24) is 0 Å². The smallest absolute Gasteiger partial charge is 0.311 e. The fourth-order valence-corrected chi connectivity index (χ4v) is 2.96. The summed E-state index contributed by atoms with van der Waals surface area (Å²) in [5, 5.41) is 0. The standard InChI is InChI=1S/C21H26FNO3/c1-3-26-21(24)17(14-25-2)13-18(23)12-15-8-10-16(11-9-15)19-6-4-5-7-20(19)22/h4-11,17-18H,3,12-14,23H2,1-2H3. The number of hydrogen-bond donors (Lipinski definition) is 1. The number of halogens is 1. The fraction of sp³-hybridized carbons (Fsp3) is 0.381. The highest BCUT2D eigenvalue weighted by Gasteiger charge is 2.22. The molecule has 2 N–H and O–H groups in total. The molecule has 140 valence electrons. The lowest BCUT2D eigenvalue weighted by atomic mass is 9.95. The van der Waals surface area contributed by atoms with Crippen molar-refractivity contribution in [1.29, 1.82) is 0 Å². The van der Waals surface area contributed by atoms with Crippen molar-refractivity contribution in [3.8, 4) is 11.1 Å². The zero-order valence-electron chi connectivity index (χ0n) is 15.3. The van der Waals surface area contributed by atoms with Crippen molar-refractivity contribution >= 4 is 5.97 Å². The van der Waals surface area contributed by atoms with E-state index in [1.165, 1.54) is 6.07 Å². The molecule has 2 unspecified atom stereocenters. The van der Waals surface area contributed by atoms with E-state index in [1.807, 2.05) is 30.3 Å². The summed E-state index contributed by atoms with van der Waals surface area (Å²) in [6, 6.07) is 14.2. The molecule has 26 heavy (non-hydrogen) atoms. The van der Waals surface area contributed by atoms with Gasteiger partial charge in [-0.3, -0.25) is 4.79 Å². The molecule has 0 aromatic heterocycles. The van der Waals surface area contributed by atoms with Crippen LogP contribution in [0, 0.1) is 11.7 Å². The van der Waals surface area contributed by atoms with Crippen LogP contribution in [0.1, 0.15) is 18.9 Å². The number of ether oxygens (including phenoxy) is 2. The Balaban J connectivity index is 1.99. The molecule has 0 saturated heterocycles. The Morgan fingerprint density at radius 3 is 2.46 bits per heavy atom. The highest BCUT2D eigenvalue weighted by atomic mass is 19.1. The summed E-state index contributed by atoms with van der Waals surface area (Å²) in [5.41, 5.74) is 8.66. The molecule has 2 aromatic rings. The third kappa shape index (κ3) is 5.64. The first-order valence-electron chi connectivity index (χ1n) is 8.80. The molecule has 0 bridgehead atoms. The van der Waals surface area contributed by atoms with E-state index in [4.69, 9.17) is 15.2 Å². The van der Waals surface area contributed by atoms with E-state index in [-0.39, 0.29) is 23.7 Å². The molecule has 0 aliphatic rings. The third-order valence-electron chi connectivity index (χ3n) is 4.21. The Morgan fingerprint density at radius 2 is 1.85 bits per heavy atom. The van der Waals surface area contributed by atoms with Crippen LogP contribution in [-0.2, 0) is 20.7 Å². The minimum atomic E-state index is -0.368. The Kier molecular flexibility index (Phi) is 7.75. The highest BCUT2D eigenvalue weighted by molar-refractivity contribution is 5.72. The van der Waals surface area contributed by atoms with Crippen LogP contribution in [0.5, 0.6) is 0 Å². The van der Waals surface area contributed by atoms with Gasteiger partial charge in [0.15, 0.2) is 0 Å². The molecule has 0 fully saturated rings. The molecule has 0 radical (unpaired) electrons. The Morgan fingerprint density at radius 1 is 1.15 bits per heavy atom. The molecule has 0 aliphatic heterocycles. The van der Waals surface area contributed by atoms with Crippen molar-refractivity contribution in [3.05, 3.63) is 59.9 Å². The highest BCUT2D eigenvalue weighted by Crippen LogP contribution is 2.23. The van der Waals surface area contributed by atoms with E-state index in [9.17, 15) is 9.18 Å². The van der Waals surface area contributed by atoms with Gasteiger partial charge in [-0.15, -0.1) is 0 Å². The van der Waals surface area contributed by atoms with Crippen molar-refractivity contribution in [2.45, 2.75) is 25.8 Å². The summed E-state index contributed by atoms with van der Waals surface area (Å²) in [7, 11) is 1.55. The van der Waals surface area contributed by atoms with Crippen LogP contribution < -0.4 is 5.73 Å². The Bertz CT molecular complexity index is 703. The van der Waals surface area contributed by atoms with Gasteiger partial charge in [-0.2, -0.15) is 0 Å². The van der Waals surface area contributed by atoms with Crippen molar-refractivity contribution in [2.24, 2.45) is 11.7 Å². The van der Waals surface area contributed by atoms with Crippen LogP contribution >= 0.6 is 0 Å². The molecule has 2 rings (SSSR count). The maximum atomic E-state index is 13.9. The van der Waals surface area contributed by atoms with Gasteiger partial charge in [-0.25, -0.2) is 4.39 Å². The summed E-state index contributed by atoms with van der Waals surface area (Å²) in [6.45, 7) is 2.41. The summed E-state index contributed by atoms with van der Waals surface area (Å²) in [6.07, 6.45) is 1.11. The summed E-state index contributed by atoms with van der Waals surface area (Å²) in [4.78, 5) is 12.0. The minimum Gasteiger partial charge on any atom is -0.466 e. The van der Waals surface area contributed by atoms with Crippen LogP contribution in [0.15, 0.2) is 48.5 Å². The second-order valence-electron chi connectivity index (χ2n) is 6.28. The summed E-state index contributed by atoms with van der Waals surface area (Å²) < 4.78 is 24.0. The molecule has 5 heteroatoms. The number of hydrogen-bond acceptors (Lipinski definition) is 4. The molecule has 0 saturated carbocycles. The first-order valence-corrected chi connectivity index (χ1v) is 8.80. The summed E-state index contributed by atoms with van der Waals surface area (Å²) >= 11 is 0. The average Bonchev–Trinajstić information content (AvgIpc) is 2.63. The first-order chi connectivity index (χ1) is 12.5. The second kappa shape index (κ2) is 10.0. The SMILES string of the molecule is CCOC(=O)C(COC)CC(N)Cc1ccc(-c2ccccc2F)cc1. The van der Waals surface area contributed by atoms with E-state index in [1.54, 1.807) is 26.2 Å². The van der Waals surface area contributed by atoms with Crippen LogP contribution in [0.25, 0.3) is 11.1 Å². The maximum Gasteiger partial charge on any atom is 0.311 e. The number of methoxy groups -OCH3 is 1. The van der Waals surface area contributed by atoms with Crippen molar-refractivity contribution < 1.29 is 18.7 Å². The predicted molar refractivity (Wildman–Crippen MR) is 100 cm³/mol. The molecule has 2 aromatic carbocycles. The first kappa shape index (κ1) is 20.1. The monoisotopic (exact) mass is 359 g/mol. The van der Waals surface area contributed by atoms with Crippen molar-refractivity contribution in [2.75, 3.05) is 20.3 Å². The molecule has 0 amide bonds. The zero-order chi connectivity index (χ0) is 18.9. The zero-order valence-corrected chi connectivity index (χ0v) is 15.3. The fourth-order valence-electron chi connectivity index (χ4n) is 2.96. The lowest BCUT2D eigenvalue weighted by molar-refractivity contribution is -0.150.